The highest BCUT2D eigenvalue weighted by Crippen LogP contribution is 2.16. The van der Waals surface area contributed by atoms with Crippen molar-refractivity contribution in [3.05, 3.63) is 24.5 Å². The summed E-state index contributed by atoms with van der Waals surface area (Å²) in [5, 5.41) is 8.51. The number of pyridine rings is 1. The molecule has 0 saturated carbocycles. The van der Waals surface area contributed by atoms with E-state index in [-0.39, 0.29) is 0 Å². The molecule has 0 amide bonds. The number of aromatic nitrogens is 1. The standard InChI is InChI=1S/C8H10N2O2S/c9-7(8(11)12)5-13-6-1-3-10-4-2-6/h1-4,7H,5,9H2,(H,11,12)/t7-/m1/s1. The van der Waals surface area contributed by atoms with Crippen LogP contribution in [0.2, 0.25) is 0 Å². The van der Waals surface area contributed by atoms with Gasteiger partial charge in [0, 0.05) is 23.0 Å². The molecule has 0 bridgehead atoms. The van der Waals surface area contributed by atoms with Crippen molar-refractivity contribution >= 4 is 17.7 Å². The van der Waals surface area contributed by atoms with Crippen LogP contribution in [0.4, 0.5) is 0 Å². The molecular weight excluding hydrogens is 188 g/mol. The fourth-order valence-electron chi connectivity index (χ4n) is 0.692. The molecule has 1 aromatic rings. The molecule has 1 aromatic heterocycles. The molecule has 1 atom stereocenters. The van der Waals surface area contributed by atoms with Gasteiger partial charge < -0.3 is 10.8 Å². The van der Waals surface area contributed by atoms with Gasteiger partial charge >= 0.3 is 5.97 Å². The lowest BCUT2D eigenvalue weighted by atomic mass is 10.4. The van der Waals surface area contributed by atoms with E-state index in [4.69, 9.17) is 10.8 Å². The highest BCUT2D eigenvalue weighted by Gasteiger charge is 2.10. The molecule has 0 saturated heterocycles. The van der Waals surface area contributed by atoms with Gasteiger partial charge in [-0.25, -0.2) is 0 Å². The summed E-state index contributed by atoms with van der Waals surface area (Å²) in [6, 6.07) is 2.83. The van der Waals surface area contributed by atoms with Crippen LogP contribution in [-0.2, 0) is 4.79 Å². The molecule has 4 nitrogen and oxygen atoms in total. The molecule has 0 unspecified atom stereocenters. The lowest BCUT2D eigenvalue weighted by Crippen LogP contribution is -2.32. The van der Waals surface area contributed by atoms with E-state index in [2.05, 4.69) is 4.98 Å². The normalized spacial score (nSPS) is 12.4. The fraction of sp³-hybridized carbons (Fsp3) is 0.250. The molecule has 1 rings (SSSR count). The van der Waals surface area contributed by atoms with Crippen LogP contribution in [-0.4, -0.2) is 27.9 Å². The lowest BCUT2D eigenvalue weighted by molar-refractivity contribution is -0.137. The van der Waals surface area contributed by atoms with Crippen molar-refractivity contribution in [1.82, 2.24) is 4.98 Å². The number of carboxylic acids is 1. The first-order chi connectivity index (χ1) is 6.20. The van der Waals surface area contributed by atoms with Crippen LogP contribution < -0.4 is 5.73 Å². The van der Waals surface area contributed by atoms with Crippen LogP contribution in [0.5, 0.6) is 0 Å². The van der Waals surface area contributed by atoms with E-state index in [0.29, 0.717) is 5.75 Å². The second-order valence-electron chi connectivity index (χ2n) is 2.44. The van der Waals surface area contributed by atoms with Crippen molar-refractivity contribution in [3.8, 4) is 0 Å². The maximum Gasteiger partial charge on any atom is 0.321 e. The number of nitrogens with zero attached hydrogens (tertiary/aromatic N) is 1. The van der Waals surface area contributed by atoms with Crippen molar-refractivity contribution in [3.63, 3.8) is 0 Å². The largest absolute Gasteiger partial charge is 0.480 e. The van der Waals surface area contributed by atoms with Crippen molar-refractivity contribution in [2.45, 2.75) is 10.9 Å². The van der Waals surface area contributed by atoms with Gasteiger partial charge in [0.1, 0.15) is 6.04 Å². The zero-order chi connectivity index (χ0) is 9.68. The van der Waals surface area contributed by atoms with E-state index in [9.17, 15) is 4.79 Å². The first-order valence-electron chi connectivity index (χ1n) is 3.71. The molecule has 0 aliphatic rings. The lowest BCUT2D eigenvalue weighted by Gasteiger charge is -2.04. The number of aliphatic carboxylic acids is 1. The van der Waals surface area contributed by atoms with Gasteiger partial charge in [-0.15, -0.1) is 11.8 Å². The smallest absolute Gasteiger partial charge is 0.321 e. The number of carboxylic acid groups (broad SMARTS) is 1. The average Bonchev–Trinajstić information content (AvgIpc) is 2.15. The molecular formula is C8H10N2O2S. The van der Waals surface area contributed by atoms with Crippen molar-refractivity contribution in [2.75, 3.05) is 5.75 Å². The Balaban J connectivity index is 2.39. The third-order valence-corrected chi connectivity index (χ3v) is 2.53. The Hall–Kier alpha value is -1.07. The number of thioether (sulfide) groups is 1. The molecule has 0 aliphatic heterocycles. The van der Waals surface area contributed by atoms with Gasteiger partial charge in [0.2, 0.25) is 0 Å². The maximum absolute atomic E-state index is 10.4. The third kappa shape index (κ3) is 3.43. The number of hydrogen-bond acceptors (Lipinski definition) is 4. The Bertz CT molecular complexity index is 279. The van der Waals surface area contributed by atoms with E-state index in [0.717, 1.165) is 4.90 Å². The second kappa shape index (κ2) is 4.84. The van der Waals surface area contributed by atoms with Crippen LogP contribution >= 0.6 is 11.8 Å². The topological polar surface area (TPSA) is 76.2 Å². The Morgan fingerprint density at radius 1 is 1.62 bits per heavy atom. The highest BCUT2D eigenvalue weighted by atomic mass is 32.2. The summed E-state index contributed by atoms with van der Waals surface area (Å²) in [7, 11) is 0. The van der Waals surface area contributed by atoms with E-state index >= 15 is 0 Å². The average molecular weight is 198 g/mol. The molecule has 70 valence electrons. The minimum Gasteiger partial charge on any atom is -0.480 e. The summed E-state index contributed by atoms with van der Waals surface area (Å²) in [4.78, 5) is 15.2. The zero-order valence-electron chi connectivity index (χ0n) is 6.88. The van der Waals surface area contributed by atoms with Crippen LogP contribution in [0.25, 0.3) is 0 Å². The summed E-state index contributed by atoms with van der Waals surface area (Å²) in [6.07, 6.45) is 3.32. The third-order valence-electron chi connectivity index (χ3n) is 1.40. The molecule has 0 radical (unpaired) electrons. The van der Waals surface area contributed by atoms with Crippen molar-refractivity contribution < 1.29 is 9.90 Å². The number of carbonyl (C=O) groups is 1. The SMILES string of the molecule is N[C@H](CSc1ccncc1)C(=O)O. The molecule has 0 spiro atoms. The van der Waals surface area contributed by atoms with Gasteiger partial charge in [0.25, 0.3) is 0 Å². The number of hydrogen-bond donors (Lipinski definition) is 2. The maximum atomic E-state index is 10.4. The van der Waals surface area contributed by atoms with E-state index in [1.165, 1.54) is 11.8 Å². The van der Waals surface area contributed by atoms with Gasteiger partial charge in [-0.3, -0.25) is 9.78 Å². The van der Waals surface area contributed by atoms with Crippen LogP contribution in [0.1, 0.15) is 0 Å². The summed E-state index contributed by atoms with van der Waals surface area (Å²) >= 11 is 1.41. The molecule has 1 heterocycles. The second-order valence-corrected chi connectivity index (χ2v) is 3.53. The van der Waals surface area contributed by atoms with E-state index in [1.54, 1.807) is 12.4 Å². The highest BCUT2D eigenvalue weighted by molar-refractivity contribution is 7.99. The molecule has 0 aliphatic carbocycles. The predicted molar refractivity (Wildman–Crippen MR) is 50.6 cm³/mol. The first kappa shape index (κ1) is 10.0. The van der Waals surface area contributed by atoms with Gasteiger partial charge in [0.15, 0.2) is 0 Å². The van der Waals surface area contributed by atoms with Crippen LogP contribution in [0.15, 0.2) is 29.4 Å². The Morgan fingerprint density at radius 2 is 2.23 bits per heavy atom. The van der Waals surface area contributed by atoms with Gasteiger partial charge in [-0.05, 0) is 12.1 Å². The predicted octanol–water partition coefficient (Wildman–Crippen LogP) is 0.586. The van der Waals surface area contributed by atoms with Crippen molar-refractivity contribution in [1.29, 1.82) is 0 Å². The first-order valence-corrected chi connectivity index (χ1v) is 4.70. The zero-order valence-corrected chi connectivity index (χ0v) is 7.70. The van der Waals surface area contributed by atoms with Gasteiger partial charge in [-0.2, -0.15) is 0 Å². The fourth-order valence-corrected chi connectivity index (χ4v) is 1.52. The molecule has 0 aromatic carbocycles. The van der Waals surface area contributed by atoms with Crippen LogP contribution in [0.3, 0.4) is 0 Å². The summed E-state index contributed by atoms with van der Waals surface area (Å²) in [5.74, 6) is -0.596. The summed E-state index contributed by atoms with van der Waals surface area (Å²) in [5.41, 5.74) is 5.33. The molecule has 0 fully saturated rings. The quantitative estimate of drug-likeness (QED) is 0.692. The molecule has 5 heteroatoms. The van der Waals surface area contributed by atoms with E-state index < -0.39 is 12.0 Å². The minimum atomic E-state index is -0.971. The van der Waals surface area contributed by atoms with Crippen molar-refractivity contribution in [2.24, 2.45) is 5.73 Å². The Kier molecular flexibility index (Phi) is 3.72. The van der Waals surface area contributed by atoms with Crippen LogP contribution in [0, 0.1) is 0 Å². The Labute approximate surface area is 80.2 Å². The molecule has 3 N–H and O–H groups in total. The molecule has 13 heavy (non-hydrogen) atoms. The minimum absolute atomic E-state index is 0.374. The number of nitrogens with two attached hydrogens (primary N) is 1. The monoisotopic (exact) mass is 198 g/mol. The van der Waals surface area contributed by atoms with Gasteiger partial charge in [-0.1, -0.05) is 0 Å². The van der Waals surface area contributed by atoms with Gasteiger partial charge in [0.05, 0.1) is 0 Å². The Morgan fingerprint density at radius 3 is 2.77 bits per heavy atom. The summed E-state index contributed by atoms with van der Waals surface area (Å²) < 4.78 is 0. The van der Waals surface area contributed by atoms with E-state index in [1.807, 2.05) is 12.1 Å². The number of rotatable bonds is 4. The summed E-state index contributed by atoms with van der Waals surface area (Å²) in [6.45, 7) is 0.